The van der Waals surface area contributed by atoms with Gasteiger partial charge in [-0.3, -0.25) is 19.3 Å². The van der Waals surface area contributed by atoms with Gasteiger partial charge in [-0.15, -0.1) is 0 Å². The van der Waals surface area contributed by atoms with Crippen molar-refractivity contribution >= 4 is 23.2 Å². The number of nitrogens with zero attached hydrogens (tertiary/aromatic N) is 1. The highest BCUT2D eigenvalue weighted by Gasteiger charge is 2.56. The summed E-state index contributed by atoms with van der Waals surface area (Å²) in [6, 6.07) is 6.15. The van der Waals surface area contributed by atoms with E-state index in [2.05, 4.69) is 0 Å². The number of rotatable bonds is 7. The molecule has 222 valence electrons. The van der Waals surface area contributed by atoms with E-state index in [-0.39, 0.29) is 34.0 Å². The number of phenolic OH excluding ortho intramolecular Hbond substituents is 1. The molecule has 3 aliphatic carbocycles. The predicted octanol–water partition coefficient (Wildman–Crippen LogP) is 2.63. The number of aliphatic hydroxyl groups excluding tert-OH is 1. The molecule has 42 heavy (non-hydrogen) atoms. The standard InChI is InChI=1S/C31H34N2O9/c1-33(2)25-17-10-14-9-16-15(13-11-19(39-3)29(41-5)20(12-13)40-4)7-8-18(34)22(16)26(35)21(14)27(36)23(17)28(37)24(31(32)38)30(25)42-6/h7-8,11-12,14,17,23,25,34-35H,9-10H2,1-6H3,(H2,32,38). The summed E-state index contributed by atoms with van der Waals surface area (Å²) in [6.07, 6.45) is 0.639. The lowest BCUT2D eigenvalue weighted by Gasteiger charge is -2.46. The second-order valence-corrected chi connectivity index (χ2v) is 10.9. The van der Waals surface area contributed by atoms with Crippen LogP contribution >= 0.6 is 0 Å². The van der Waals surface area contributed by atoms with E-state index in [1.807, 2.05) is 0 Å². The number of aromatic hydroxyl groups is 1. The third kappa shape index (κ3) is 4.18. The first-order valence-electron chi connectivity index (χ1n) is 13.4. The van der Waals surface area contributed by atoms with E-state index in [0.717, 1.165) is 0 Å². The van der Waals surface area contributed by atoms with Gasteiger partial charge in [0.2, 0.25) is 5.75 Å². The van der Waals surface area contributed by atoms with Crippen molar-refractivity contribution in [2.75, 3.05) is 42.5 Å². The molecule has 11 heteroatoms. The Kier molecular flexibility index (Phi) is 7.40. The van der Waals surface area contributed by atoms with Crippen LogP contribution in [0.15, 0.2) is 41.2 Å². The summed E-state index contributed by atoms with van der Waals surface area (Å²) in [5, 5.41) is 22.5. The summed E-state index contributed by atoms with van der Waals surface area (Å²) in [7, 11) is 9.45. The number of likely N-dealkylation sites (N-methyl/N-ethyl adjacent to an activating group) is 1. The molecule has 4 atom stereocenters. The Bertz CT molecular complexity index is 1550. The number of ketones is 2. The van der Waals surface area contributed by atoms with Crippen LogP contribution in [0.1, 0.15) is 17.5 Å². The molecule has 0 bridgehead atoms. The molecule has 0 radical (unpaired) electrons. The highest BCUT2D eigenvalue weighted by molar-refractivity contribution is 6.28. The lowest BCUT2D eigenvalue weighted by atomic mass is 9.59. The zero-order valence-electron chi connectivity index (χ0n) is 24.3. The van der Waals surface area contributed by atoms with Gasteiger partial charge in [0, 0.05) is 5.57 Å². The van der Waals surface area contributed by atoms with Crippen molar-refractivity contribution in [3.63, 3.8) is 0 Å². The summed E-state index contributed by atoms with van der Waals surface area (Å²) in [5.41, 5.74) is 7.44. The van der Waals surface area contributed by atoms with Crippen LogP contribution in [0, 0.1) is 17.8 Å². The highest BCUT2D eigenvalue weighted by Crippen LogP contribution is 2.52. The first kappa shape index (κ1) is 29.0. The van der Waals surface area contributed by atoms with Crippen molar-refractivity contribution in [1.29, 1.82) is 0 Å². The number of ether oxygens (including phenoxy) is 4. The Morgan fingerprint density at radius 1 is 0.952 bits per heavy atom. The van der Waals surface area contributed by atoms with Gasteiger partial charge >= 0.3 is 0 Å². The van der Waals surface area contributed by atoms with Gasteiger partial charge < -0.3 is 34.9 Å². The Morgan fingerprint density at radius 3 is 2.12 bits per heavy atom. The number of carbonyl (C=O) groups is 3. The van der Waals surface area contributed by atoms with Gasteiger partial charge in [0.25, 0.3) is 5.91 Å². The third-order valence-corrected chi connectivity index (χ3v) is 8.62. The second kappa shape index (κ2) is 10.7. The molecule has 2 aromatic rings. The minimum absolute atomic E-state index is 0.0663. The number of Topliss-reactive ketones (excluding diaryl/α,β-unsaturated/α-hetero) is 2. The number of benzene rings is 2. The predicted molar refractivity (Wildman–Crippen MR) is 152 cm³/mol. The first-order chi connectivity index (χ1) is 20.0. The van der Waals surface area contributed by atoms with E-state index >= 15 is 0 Å². The molecule has 4 unspecified atom stereocenters. The molecule has 0 aromatic heterocycles. The van der Waals surface area contributed by atoms with Gasteiger partial charge in [-0.25, -0.2) is 0 Å². The van der Waals surface area contributed by atoms with Gasteiger partial charge in [0.1, 0.15) is 22.8 Å². The van der Waals surface area contributed by atoms with Crippen LogP contribution in [0.4, 0.5) is 0 Å². The average Bonchev–Trinajstić information content (AvgIpc) is 2.95. The first-order valence-corrected chi connectivity index (χ1v) is 13.4. The molecule has 2 aromatic carbocycles. The molecular formula is C31H34N2O9. The molecule has 1 fully saturated rings. The van der Waals surface area contributed by atoms with Crippen LogP contribution in [0.25, 0.3) is 16.9 Å². The summed E-state index contributed by atoms with van der Waals surface area (Å²) < 4.78 is 22.1. The van der Waals surface area contributed by atoms with Gasteiger partial charge in [0.15, 0.2) is 23.1 Å². The Morgan fingerprint density at radius 2 is 1.60 bits per heavy atom. The highest BCUT2D eigenvalue weighted by atomic mass is 16.5. The van der Waals surface area contributed by atoms with Gasteiger partial charge in [-0.05, 0) is 73.7 Å². The molecule has 11 nitrogen and oxygen atoms in total. The number of phenols is 1. The smallest absolute Gasteiger partial charge is 0.255 e. The van der Waals surface area contributed by atoms with Crippen LogP contribution in [0.2, 0.25) is 0 Å². The minimum Gasteiger partial charge on any atom is -0.507 e. The molecular weight excluding hydrogens is 544 g/mol. The molecule has 0 aliphatic heterocycles. The summed E-state index contributed by atoms with van der Waals surface area (Å²) in [6.45, 7) is 0. The van der Waals surface area contributed by atoms with Crippen molar-refractivity contribution in [3.05, 3.63) is 52.3 Å². The quantitative estimate of drug-likeness (QED) is 0.329. The van der Waals surface area contributed by atoms with Crippen LogP contribution in [-0.2, 0) is 25.5 Å². The average molecular weight is 579 g/mol. The zero-order chi connectivity index (χ0) is 30.6. The number of allylic oxidation sites excluding steroid dienone is 1. The molecule has 0 heterocycles. The van der Waals surface area contributed by atoms with E-state index < -0.39 is 41.3 Å². The number of hydrogen-bond acceptors (Lipinski definition) is 10. The summed E-state index contributed by atoms with van der Waals surface area (Å²) in [4.78, 5) is 41.8. The van der Waals surface area contributed by atoms with Crippen molar-refractivity contribution in [3.8, 4) is 34.1 Å². The van der Waals surface area contributed by atoms with Crippen LogP contribution in [-0.4, -0.2) is 81.2 Å². The second-order valence-electron chi connectivity index (χ2n) is 10.9. The van der Waals surface area contributed by atoms with Gasteiger partial charge in [0.05, 0.1) is 46.0 Å². The van der Waals surface area contributed by atoms with Crippen molar-refractivity contribution in [2.24, 2.45) is 23.5 Å². The van der Waals surface area contributed by atoms with Crippen molar-refractivity contribution in [1.82, 2.24) is 4.90 Å². The monoisotopic (exact) mass is 578 g/mol. The van der Waals surface area contributed by atoms with Crippen molar-refractivity contribution in [2.45, 2.75) is 18.9 Å². The SMILES string of the molecule is COC1=C(C(N)=O)C(=O)C2C(=O)C3=C(O)c4c(O)ccc(-c5cc(OC)c(OC)c(OC)c5)c4CC3CC2C1N(C)C. The molecule has 4 N–H and O–H groups in total. The third-order valence-electron chi connectivity index (χ3n) is 8.62. The molecule has 3 aliphatic rings. The number of carbonyl (C=O) groups excluding carboxylic acids is 3. The Labute approximate surface area is 243 Å². The fourth-order valence-corrected chi connectivity index (χ4v) is 6.97. The number of primary amides is 1. The number of fused-ring (bicyclic) bond motifs is 3. The van der Waals surface area contributed by atoms with E-state index in [9.17, 15) is 24.6 Å². The number of methoxy groups -OCH3 is 4. The number of hydrogen-bond donors (Lipinski definition) is 3. The van der Waals surface area contributed by atoms with Crippen LogP contribution in [0.3, 0.4) is 0 Å². The lowest BCUT2D eigenvalue weighted by Crippen LogP contribution is -2.55. The van der Waals surface area contributed by atoms with E-state index in [4.69, 9.17) is 24.7 Å². The lowest BCUT2D eigenvalue weighted by molar-refractivity contribution is -0.137. The van der Waals surface area contributed by atoms with Crippen LogP contribution < -0.4 is 19.9 Å². The van der Waals surface area contributed by atoms with E-state index in [1.54, 1.807) is 37.2 Å². The van der Waals surface area contributed by atoms with Crippen LogP contribution in [0.5, 0.6) is 23.0 Å². The maximum atomic E-state index is 14.1. The maximum absolute atomic E-state index is 14.1. The largest absolute Gasteiger partial charge is 0.507 e. The molecule has 1 saturated carbocycles. The molecule has 0 spiro atoms. The zero-order valence-corrected chi connectivity index (χ0v) is 24.3. The van der Waals surface area contributed by atoms with Gasteiger partial charge in [-0.1, -0.05) is 6.07 Å². The molecule has 5 rings (SSSR count). The number of amides is 1. The number of nitrogens with two attached hydrogens (primary N) is 1. The fraction of sp³-hybridized carbons (Fsp3) is 0.387. The topological polar surface area (TPSA) is 158 Å². The molecule has 0 saturated heterocycles. The number of aliphatic hydroxyl groups is 1. The molecule has 1 amide bonds. The van der Waals surface area contributed by atoms with Gasteiger partial charge in [-0.2, -0.15) is 0 Å². The summed E-state index contributed by atoms with van der Waals surface area (Å²) in [5.74, 6) is -3.69. The minimum atomic E-state index is -1.23. The maximum Gasteiger partial charge on any atom is 0.255 e. The van der Waals surface area contributed by atoms with Crippen molar-refractivity contribution < 1.29 is 43.5 Å². The van der Waals surface area contributed by atoms with E-state index in [1.165, 1.54) is 34.5 Å². The van der Waals surface area contributed by atoms with E-state index in [0.29, 0.717) is 46.8 Å². The Hall–Kier alpha value is -4.51. The fourth-order valence-electron chi connectivity index (χ4n) is 6.97. The Balaban J connectivity index is 1.69. The summed E-state index contributed by atoms with van der Waals surface area (Å²) >= 11 is 0. The normalized spacial score (nSPS) is 23.3.